The van der Waals surface area contributed by atoms with E-state index < -0.39 is 24.5 Å². The molecule has 3 heterocycles. The molecule has 4 atom stereocenters. The first-order chi connectivity index (χ1) is 19.1. The number of urea groups is 1. The molecule has 13 nitrogen and oxygen atoms in total. The molecule has 1 saturated heterocycles. The summed E-state index contributed by atoms with van der Waals surface area (Å²) in [6, 6.07) is 7.57. The van der Waals surface area contributed by atoms with Crippen LogP contribution >= 0.6 is 0 Å². The average molecular weight is 556 g/mol. The van der Waals surface area contributed by atoms with Gasteiger partial charge in [-0.3, -0.25) is 4.57 Å². The van der Waals surface area contributed by atoms with Crippen LogP contribution in [0.5, 0.6) is 0 Å². The van der Waals surface area contributed by atoms with Crippen LogP contribution in [0.4, 0.5) is 16.3 Å². The van der Waals surface area contributed by atoms with E-state index in [9.17, 15) is 15.0 Å². The summed E-state index contributed by atoms with van der Waals surface area (Å²) in [6.07, 6.45) is 0.402. The summed E-state index contributed by atoms with van der Waals surface area (Å²) in [4.78, 5) is 26.9. The fraction of sp³-hybridized carbons (Fsp3) is 0.556. The molecule has 218 valence electrons. The SMILES string of the molecule is CC(C)(C)c1ccc(NC(=O)NCCCN(CCCN)CC2OC(n3cnc4c(N)ncnc43)C(O)C2O)cc1. The van der Waals surface area contributed by atoms with Crippen molar-refractivity contribution in [3.63, 3.8) is 0 Å². The van der Waals surface area contributed by atoms with Crippen LogP contribution in [0, 0.1) is 0 Å². The number of nitrogens with two attached hydrogens (primary N) is 2. The number of fused-ring (bicyclic) bond motifs is 1. The minimum atomic E-state index is -1.18. The molecule has 2 amide bonds. The molecule has 1 aliphatic rings. The second-order valence-corrected chi connectivity index (χ2v) is 11.1. The third-order valence-corrected chi connectivity index (χ3v) is 7.06. The first kappa shape index (κ1) is 29.6. The first-order valence-electron chi connectivity index (χ1n) is 13.6. The van der Waals surface area contributed by atoms with Gasteiger partial charge in [-0.1, -0.05) is 32.9 Å². The summed E-state index contributed by atoms with van der Waals surface area (Å²) in [5.74, 6) is 0.224. The molecule has 0 radical (unpaired) electrons. The van der Waals surface area contributed by atoms with E-state index in [-0.39, 0.29) is 17.3 Å². The molecule has 1 fully saturated rings. The molecule has 4 unspecified atom stereocenters. The Morgan fingerprint density at radius 3 is 2.52 bits per heavy atom. The van der Waals surface area contributed by atoms with E-state index in [2.05, 4.69) is 51.3 Å². The largest absolute Gasteiger partial charge is 0.387 e. The number of aliphatic hydroxyl groups is 2. The van der Waals surface area contributed by atoms with E-state index in [1.807, 2.05) is 24.3 Å². The van der Waals surface area contributed by atoms with E-state index in [0.717, 1.165) is 12.1 Å². The van der Waals surface area contributed by atoms with Gasteiger partial charge in [0.2, 0.25) is 0 Å². The molecule has 4 rings (SSSR count). The van der Waals surface area contributed by atoms with Gasteiger partial charge in [0.05, 0.1) is 6.33 Å². The highest BCUT2D eigenvalue weighted by molar-refractivity contribution is 5.89. The monoisotopic (exact) mass is 555 g/mol. The van der Waals surface area contributed by atoms with Crippen LogP contribution < -0.4 is 22.1 Å². The summed E-state index contributed by atoms with van der Waals surface area (Å²) >= 11 is 0. The fourth-order valence-corrected chi connectivity index (χ4v) is 4.76. The van der Waals surface area contributed by atoms with Crippen molar-refractivity contribution in [1.82, 2.24) is 29.7 Å². The Morgan fingerprint density at radius 1 is 1.10 bits per heavy atom. The third-order valence-electron chi connectivity index (χ3n) is 7.06. The molecule has 1 aromatic carbocycles. The number of nitrogens with zero attached hydrogens (tertiary/aromatic N) is 5. The number of nitrogen functional groups attached to an aromatic ring is 1. The number of imidazole rings is 1. The van der Waals surface area contributed by atoms with Gasteiger partial charge in [0.25, 0.3) is 0 Å². The molecule has 0 saturated carbocycles. The van der Waals surface area contributed by atoms with Crippen molar-refractivity contribution in [1.29, 1.82) is 0 Å². The van der Waals surface area contributed by atoms with E-state index >= 15 is 0 Å². The molecule has 1 aliphatic heterocycles. The zero-order valence-electron chi connectivity index (χ0n) is 23.3. The maximum Gasteiger partial charge on any atom is 0.319 e. The van der Waals surface area contributed by atoms with Crippen LogP contribution in [0.3, 0.4) is 0 Å². The summed E-state index contributed by atoms with van der Waals surface area (Å²) < 4.78 is 7.66. The Labute approximate surface area is 233 Å². The Bertz CT molecular complexity index is 1260. The smallest absolute Gasteiger partial charge is 0.319 e. The molecule has 0 spiro atoms. The van der Waals surface area contributed by atoms with Crippen molar-refractivity contribution < 1.29 is 19.7 Å². The highest BCUT2D eigenvalue weighted by atomic mass is 16.6. The van der Waals surface area contributed by atoms with Gasteiger partial charge >= 0.3 is 6.03 Å². The second-order valence-electron chi connectivity index (χ2n) is 11.1. The molecule has 0 bridgehead atoms. The van der Waals surface area contributed by atoms with Crippen molar-refractivity contribution >= 4 is 28.7 Å². The van der Waals surface area contributed by atoms with Crippen molar-refractivity contribution in [3.05, 3.63) is 42.5 Å². The number of carbonyl (C=O) groups excluding carboxylic acids is 1. The zero-order valence-corrected chi connectivity index (χ0v) is 23.3. The number of rotatable bonds is 11. The molecule has 13 heteroatoms. The number of carbonyl (C=O) groups is 1. The van der Waals surface area contributed by atoms with Crippen molar-refractivity contribution in [2.24, 2.45) is 5.73 Å². The summed E-state index contributed by atoms with van der Waals surface area (Å²) in [5, 5.41) is 27.3. The highest BCUT2D eigenvalue weighted by Crippen LogP contribution is 2.32. The van der Waals surface area contributed by atoms with E-state index in [1.54, 1.807) is 4.57 Å². The Morgan fingerprint density at radius 2 is 1.82 bits per heavy atom. The lowest BCUT2D eigenvalue weighted by molar-refractivity contribution is -0.0442. The molecule has 3 aromatic rings. The number of amides is 2. The number of aromatic nitrogens is 4. The number of aliphatic hydroxyl groups excluding tert-OH is 2. The van der Waals surface area contributed by atoms with Crippen molar-refractivity contribution in [3.8, 4) is 0 Å². The maximum absolute atomic E-state index is 12.4. The van der Waals surface area contributed by atoms with Crippen molar-refractivity contribution in [2.45, 2.75) is 63.6 Å². The summed E-state index contributed by atoms with van der Waals surface area (Å²) in [5.41, 5.74) is 14.4. The predicted octanol–water partition coefficient (Wildman–Crippen LogP) is 1.19. The quantitative estimate of drug-likeness (QED) is 0.187. The van der Waals surface area contributed by atoms with Crippen LogP contribution in [-0.2, 0) is 10.2 Å². The molecular weight excluding hydrogens is 514 g/mol. The number of hydrogen-bond acceptors (Lipinski definition) is 10. The van der Waals surface area contributed by atoms with Gasteiger partial charge < -0.3 is 42.0 Å². The van der Waals surface area contributed by atoms with Gasteiger partial charge in [-0.15, -0.1) is 0 Å². The molecule has 40 heavy (non-hydrogen) atoms. The van der Waals surface area contributed by atoms with Gasteiger partial charge in [-0.05, 0) is 55.6 Å². The second kappa shape index (κ2) is 12.9. The number of benzene rings is 1. The normalized spacial score (nSPS) is 21.3. The van der Waals surface area contributed by atoms with Crippen LogP contribution in [0.25, 0.3) is 11.2 Å². The lowest BCUT2D eigenvalue weighted by Gasteiger charge is -2.26. The van der Waals surface area contributed by atoms with Crippen LogP contribution in [0.2, 0.25) is 0 Å². The van der Waals surface area contributed by atoms with Gasteiger partial charge in [0, 0.05) is 18.8 Å². The van der Waals surface area contributed by atoms with E-state index in [0.29, 0.717) is 50.3 Å². The Hall–Kier alpha value is -3.36. The fourth-order valence-electron chi connectivity index (χ4n) is 4.76. The van der Waals surface area contributed by atoms with Crippen LogP contribution in [-0.4, -0.2) is 91.7 Å². The lowest BCUT2D eigenvalue weighted by Crippen LogP contribution is -2.42. The number of anilines is 2. The standard InChI is InChI=1S/C27H41N9O4/c1-27(2,3)17-6-8-18(9-7-17)34-26(39)30-11-5-13-35(12-4-10-28)14-19-21(37)22(38)25(40-19)36-16-33-20-23(29)31-15-32-24(20)36/h6-9,15-16,19,21-22,25,37-38H,4-5,10-14,28H2,1-3H3,(H2,29,31,32)(H2,30,34,39). The van der Waals surface area contributed by atoms with Crippen LogP contribution in [0.15, 0.2) is 36.9 Å². The Balaban J connectivity index is 1.28. The van der Waals surface area contributed by atoms with E-state index in [4.69, 9.17) is 16.2 Å². The predicted molar refractivity (Wildman–Crippen MR) is 153 cm³/mol. The topological polar surface area (TPSA) is 190 Å². The molecule has 8 N–H and O–H groups in total. The molecule has 0 aliphatic carbocycles. The molecule has 2 aromatic heterocycles. The first-order valence-corrected chi connectivity index (χ1v) is 13.6. The summed E-state index contributed by atoms with van der Waals surface area (Å²) in [6.45, 7) is 9.13. The van der Waals surface area contributed by atoms with Crippen molar-refractivity contribution in [2.75, 3.05) is 43.8 Å². The van der Waals surface area contributed by atoms with E-state index in [1.165, 1.54) is 18.2 Å². The van der Waals surface area contributed by atoms with Gasteiger partial charge in [-0.2, -0.15) is 0 Å². The van der Waals surface area contributed by atoms with Gasteiger partial charge in [-0.25, -0.2) is 19.7 Å². The molecular formula is C27H41N9O4. The average Bonchev–Trinajstić information content (AvgIpc) is 3.46. The number of nitrogens with one attached hydrogen (secondary N) is 2. The Kier molecular flexibility index (Phi) is 9.53. The van der Waals surface area contributed by atoms with Crippen LogP contribution in [0.1, 0.15) is 45.4 Å². The van der Waals surface area contributed by atoms with Gasteiger partial charge in [0.1, 0.15) is 30.2 Å². The minimum absolute atomic E-state index is 0.0481. The number of hydrogen-bond donors (Lipinski definition) is 6. The van der Waals surface area contributed by atoms with Gasteiger partial charge in [0.15, 0.2) is 17.7 Å². The highest BCUT2D eigenvalue weighted by Gasteiger charge is 2.44. The third kappa shape index (κ3) is 7.04. The summed E-state index contributed by atoms with van der Waals surface area (Å²) in [7, 11) is 0. The zero-order chi connectivity index (χ0) is 28.9. The minimum Gasteiger partial charge on any atom is -0.387 e. The number of ether oxygens (including phenoxy) is 1. The lowest BCUT2D eigenvalue weighted by atomic mass is 9.87. The maximum atomic E-state index is 12.4.